The second-order valence-corrected chi connectivity index (χ2v) is 3.16. The van der Waals surface area contributed by atoms with Gasteiger partial charge in [0.2, 0.25) is 0 Å². The molecule has 0 heterocycles. The van der Waals surface area contributed by atoms with Gasteiger partial charge in [-0.3, -0.25) is 0 Å². The standard InChI is InChI=1S/C10H9F3O3/c11-10(12,13)8-5-6(3-4-14)1-2-7(8)9(15)16/h1-2,5,14H,3-4H2,(H,15,16). The minimum Gasteiger partial charge on any atom is -0.478 e. The van der Waals surface area contributed by atoms with Crippen LogP contribution in [0.4, 0.5) is 13.2 Å². The summed E-state index contributed by atoms with van der Waals surface area (Å²) in [6.45, 7) is -0.288. The molecule has 0 aromatic heterocycles. The molecule has 0 spiro atoms. The summed E-state index contributed by atoms with van der Waals surface area (Å²) in [6, 6.07) is 2.91. The lowest BCUT2D eigenvalue weighted by Gasteiger charge is -2.11. The van der Waals surface area contributed by atoms with Crippen LogP contribution in [0.3, 0.4) is 0 Å². The zero-order valence-electron chi connectivity index (χ0n) is 8.08. The summed E-state index contributed by atoms with van der Waals surface area (Å²) in [6.07, 6.45) is -4.65. The van der Waals surface area contributed by atoms with Gasteiger partial charge in [0.05, 0.1) is 11.1 Å². The van der Waals surface area contributed by atoms with Crippen molar-refractivity contribution < 1.29 is 28.2 Å². The first-order chi connectivity index (χ1) is 7.36. The van der Waals surface area contributed by atoms with E-state index in [1.165, 1.54) is 6.07 Å². The number of halogens is 3. The van der Waals surface area contributed by atoms with Crippen LogP contribution in [0.2, 0.25) is 0 Å². The number of benzene rings is 1. The van der Waals surface area contributed by atoms with E-state index in [9.17, 15) is 18.0 Å². The van der Waals surface area contributed by atoms with E-state index in [2.05, 4.69) is 0 Å². The molecular weight excluding hydrogens is 225 g/mol. The van der Waals surface area contributed by atoms with E-state index in [1.54, 1.807) is 0 Å². The van der Waals surface area contributed by atoms with Crippen molar-refractivity contribution in [1.29, 1.82) is 0 Å². The van der Waals surface area contributed by atoms with E-state index in [1.807, 2.05) is 0 Å². The molecule has 0 radical (unpaired) electrons. The number of rotatable bonds is 3. The number of carbonyl (C=O) groups is 1. The summed E-state index contributed by atoms with van der Waals surface area (Å²) in [5, 5.41) is 17.2. The number of aromatic carboxylic acids is 1. The summed E-state index contributed by atoms with van der Waals surface area (Å²) in [5.74, 6) is -1.62. The van der Waals surface area contributed by atoms with Crippen molar-refractivity contribution in [2.45, 2.75) is 12.6 Å². The average molecular weight is 234 g/mol. The Morgan fingerprint density at radius 1 is 1.31 bits per heavy atom. The second-order valence-electron chi connectivity index (χ2n) is 3.16. The molecule has 2 N–H and O–H groups in total. The van der Waals surface area contributed by atoms with Gasteiger partial charge in [-0.05, 0) is 24.1 Å². The molecule has 0 atom stereocenters. The largest absolute Gasteiger partial charge is 0.478 e. The minimum absolute atomic E-state index is 0.0585. The van der Waals surface area contributed by atoms with Gasteiger partial charge in [0, 0.05) is 6.61 Å². The molecule has 0 unspecified atom stereocenters. The first-order valence-corrected chi connectivity index (χ1v) is 4.40. The maximum Gasteiger partial charge on any atom is 0.417 e. The van der Waals surface area contributed by atoms with Crippen LogP contribution in [-0.2, 0) is 12.6 Å². The predicted octanol–water partition coefficient (Wildman–Crippen LogP) is 1.94. The Morgan fingerprint density at radius 3 is 2.38 bits per heavy atom. The highest BCUT2D eigenvalue weighted by Crippen LogP contribution is 2.32. The molecule has 0 aliphatic heterocycles. The van der Waals surface area contributed by atoms with Crippen LogP contribution in [0.1, 0.15) is 21.5 Å². The Balaban J connectivity index is 3.27. The van der Waals surface area contributed by atoms with Crippen LogP contribution >= 0.6 is 0 Å². The third-order valence-electron chi connectivity index (χ3n) is 2.02. The van der Waals surface area contributed by atoms with Crippen LogP contribution in [0.5, 0.6) is 0 Å². The lowest BCUT2D eigenvalue weighted by atomic mass is 10.0. The molecule has 0 amide bonds. The predicted molar refractivity (Wildman–Crippen MR) is 49.2 cm³/mol. The molecule has 88 valence electrons. The van der Waals surface area contributed by atoms with E-state index >= 15 is 0 Å². The second kappa shape index (κ2) is 4.52. The van der Waals surface area contributed by atoms with Crippen molar-refractivity contribution in [3.05, 3.63) is 34.9 Å². The Labute approximate surface area is 89.1 Å². The smallest absolute Gasteiger partial charge is 0.417 e. The van der Waals surface area contributed by atoms with Crippen LogP contribution in [0.25, 0.3) is 0 Å². The van der Waals surface area contributed by atoms with Gasteiger partial charge >= 0.3 is 12.1 Å². The number of carboxylic acids is 1. The Bertz CT molecular complexity index is 399. The maximum atomic E-state index is 12.5. The number of alkyl halides is 3. The average Bonchev–Trinajstić information content (AvgIpc) is 2.16. The molecule has 1 aromatic carbocycles. The fourth-order valence-corrected chi connectivity index (χ4v) is 1.30. The fraction of sp³-hybridized carbons (Fsp3) is 0.300. The summed E-state index contributed by atoms with van der Waals surface area (Å²) in [4.78, 5) is 10.6. The van der Waals surface area contributed by atoms with Gasteiger partial charge in [0.15, 0.2) is 0 Å². The quantitative estimate of drug-likeness (QED) is 0.840. The number of aliphatic hydroxyl groups excluding tert-OH is 1. The lowest BCUT2D eigenvalue weighted by Crippen LogP contribution is -2.13. The molecular formula is C10H9F3O3. The van der Waals surface area contributed by atoms with Gasteiger partial charge < -0.3 is 10.2 Å². The first kappa shape index (κ1) is 12.5. The SMILES string of the molecule is O=C(O)c1ccc(CCO)cc1C(F)(F)F. The van der Waals surface area contributed by atoms with Crippen molar-refractivity contribution in [1.82, 2.24) is 0 Å². The summed E-state index contributed by atoms with van der Waals surface area (Å²) in [5.41, 5.74) is -1.72. The van der Waals surface area contributed by atoms with Gasteiger partial charge in [-0.25, -0.2) is 4.79 Å². The van der Waals surface area contributed by atoms with E-state index in [4.69, 9.17) is 10.2 Å². The van der Waals surface area contributed by atoms with Gasteiger partial charge in [-0.15, -0.1) is 0 Å². The number of hydrogen-bond acceptors (Lipinski definition) is 2. The fourth-order valence-electron chi connectivity index (χ4n) is 1.30. The third kappa shape index (κ3) is 2.73. The van der Waals surface area contributed by atoms with Gasteiger partial charge in [0.1, 0.15) is 0 Å². The van der Waals surface area contributed by atoms with Gasteiger partial charge in [-0.2, -0.15) is 13.2 Å². The third-order valence-corrected chi connectivity index (χ3v) is 2.02. The van der Waals surface area contributed by atoms with Crippen molar-refractivity contribution >= 4 is 5.97 Å². The van der Waals surface area contributed by atoms with Gasteiger partial charge in [-0.1, -0.05) is 6.07 Å². The summed E-state index contributed by atoms with van der Waals surface area (Å²) >= 11 is 0. The highest BCUT2D eigenvalue weighted by Gasteiger charge is 2.35. The van der Waals surface area contributed by atoms with Crippen molar-refractivity contribution in [3.8, 4) is 0 Å². The Hall–Kier alpha value is -1.56. The molecule has 0 fully saturated rings. The first-order valence-electron chi connectivity index (χ1n) is 4.40. The van der Waals surface area contributed by atoms with E-state index in [0.717, 1.165) is 12.1 Å². The molecule has 1 aromatic rings. The molecule has 16 heavy (non-hydrogen) atoms. The number of carboxylic acid groups (broad SMARTS) is 1. The molecule has 0 aliphatic rings. The molecule has 0 saturated carbocycles. The normalized spacial score (nSPS) is 11.5. The molecule has 0 saturated heterocycles. The zero-order chi connectivity index (χ0) is 12.3. The van der Waals surface area contributed by atoms with E-state index in [-0.39, 0.29) is 18.6 Å². The molecule has 3 nitrogen and oxygen atoms in total. The van der Waals surface area contributed by atoms with Crippen LogP contribution in [-0.4, -0.2) is 22.8 Å². The van der Waals surface area contributed by atoms with Crippen LogP contribution < -0.4 is 0 Å². The van der Waals surface area contributed by atoms with Crippen molar-refractivity contribution in [3.63, 3.8) is 0 Å². The zero-order valence-corrected chi connectivity index (χ0v) is 8.08. The van der Waals surface area contributed by atoms with Crippen molar-refractivity contribution in [2.24, 2.45) is 0 Å². The Kier molecular flexibility index (Phi) is 3.54. The molecule has 0 aliphatic carbocycles. The molecule has 1 rings (SSSR count). The molecule has 0 bridgehead atoms. The number of hydrogen-bond donors (Lipinski definition) is 2. The highest BCUT2D eigenvalue weighted by atomic mass is 19.4. The van der Waals surface area contributed by atoms with Crippen LogP contribution in [0.15, 0.2) is 18.2 Å². The Morgan fingerprint density at radius 2 is 1.94 bits per heavy atom. The lowest BCUT2D eigenvalue weighted by molar-refractivity contribution is -0.138. The molecule has 6 heteroatoms. The highest BCUT2D eigenvalue weighted by molar-refractivity contribution is 5.89. The minimum atomic E-state index is -4.71. The summed E-state index contributed by atoms with van der Waals surface area (Å²) < 4.78 is 37.5. The van der Waals surface area contributed by atoms with Gasteiger partial charge in [0.25, 0.3) is 0 Å². The number of aliphatic hydroxyl groups is 1. The van der Waals surface area contributed by atoms with Crippen LogP contribution in [0, 0.1) is 0 Å². The van der Waals surface area contributed by atoms with E-state index < -0.39 is 23.3 Å². The maximum absolute atomic E-state index is 12.5. The topological polar surface area (TPSA) is 57.5 Å². The monoisotopic (exact) mass is 234 g/mol. The summed E-state index contributed by atoms with van der Waals surface area (Å²) in [7, 11) is 0. The van der Waals surface area contributed by atoms with Crippen molar-refractivity contribution in [2.75, 3.05) is 6.61 Å². The van der Waals surface area contributed by atoms with E-state index in [0.29, 0.717) is 0 Å².